The van der Waals surface area contributed by atoms with Gasteiger partial charge in [0.2, 0.25) is 0 Å². The minimum absolute atomic E-state index is 0.0746. The van der Waals surface area contributed by atoms with Crippen LogP contribution in [0, 0.1) is 0 Å². The molecule has 0 amide bonds. The molecule has 0 unspecified atom stereocenters. The van der Waals surface area contributed by atoms with Gasteiger partial charge in [0.05, 0.1) is 11.9 Å². The highest BCUT2D eigenvalue weighted by molar-refractivity contribution is 5.91. The number of fused-ring (bicyclic) bond motifs is 1. The molecule has 0 saturated heterocycles. The molecule has 2 aromatic heterocycles. The fourth-order valence-corrected chi connectivity index (χ4v) is 2.32. The number of hydrogen-bond donors (Lipinski definition) is 3. The number of nitrogens with one attached hydrogen (secondary N) is 1. The minimum atomic E-state index is -1.05. The Bertz CT molecular complexity index is 797. The Kier molecular flexibility index (Phi) is 3.29. The number of carboxylic acids is 1. The topological polar surface area (TPSA) is 86.9 Å². The first-order valence-electron chi connectivity index (χ1n) is 6.36. The smallest absolute Gasteiger partial charge is 0.354 e. The van der Waals surface area contributed by atoms with Crippen molar-refractivity contribution in [1.82, 2.24) is 9.38 Å². The zero-order valence-electron chi connectivity index (χ0n) is 11.0. The van der Waals surface area contributed by atoms with Crippen molar-refractivity contribution in [2.24, 2.45) is 0 Å². The monoisotopic (exact) mass is 283 g/mol. The normalized spacial score (nSPS) is 10.7. The molecule has 3 aromatic rings. The van der Waals surface area contributed by atoms with Gasteiger partial charge in [0, 0.05) is 11.8 Å². The van der Waals surface area contributed by atoms with Crippen LogP contribution in [0.25, 0.3) is 16.8 Å². The van der Waals surface area contributed by atoms with Crippen molar-refractivity contribution in [2.75, 3.05) is 12.0 Å². The van der Waals surface area contributed by atoms with Gasteiger partial charge in [-0.05, 0) is 11.6 Å². The van der Waals surface area contributed by atoms with Crippen LogP contribution in [-0.2, 0) is 0 Å². The third-order valence-electron chi connectivity index (χ3n) is 3.24. The van der Waals surface area contributed by atoms with Crippen molar-refractivity contribution < 1.29 is 15.0 Å². The molecule has 3 N–H and O–H groups in total. The molecular weight excluding hydrogens is 270 g/mol. The predicted molar refractivity (Wildman–Crippen MR) is 78.3 cm³/mol. The third kappa shape index (κ3) is 2.21. The molecule has 1 aromatic carbocycles. The highest BCUT2D eigenvalue weighted by Crippen LogP contribution is 2.31. The summed E-state index contributed by atoms with van der Waals surface area (Å²) in [4.78, 5) is 15.3. The molecule has 0 bridgehead atoms. The standard InChI is InChI=1S/C15H13N3O3/c19-9-17-13-11(10-4-2-1-3-5-10)6-7-18-12(15(20)21)8-16-14(13)18/h1-8,17,19H,9H2,(H,20,21). The second-order valence-corrected chi connectivity index (χ2v) is 4.45. The Labute approximate surface area is 120 Å². The molecule has 106 valence electrons. The number of pyridine rings is 1. The van der Waals surface area contributed by atoms with Gasteiger partial charge in [-0.15, -0.1) is 0 Å². The molecule has 0 spiro atoms. The van der Waals surface area contributed by atoms with E-state index in [0.717, 1.165) is 11.1 Å². The van der Waals surface area contributed by atoms with Crippen LogP contribution in [0.4, 0.5) is 5.69 Å². The Balaban J connectivity index is 2.27. The summed E-state index contributed by atoms with van der Waals surface area (Å²) in [6.45, 7) is -0.269. The number of nitrogens with zero attached hydrogens (tertiary/aromatic N) is 2. The van der Waals surface area contributed by atoms with Crippen molar-refractivity contribution >= 4 is 17.3 Å². The summed E-state index contributed by atoms with van der Waals surface area (Å²) in [6.07, 6.45) is 2.96. The summed E-state index contributed by atoms with van der Waals surface area (Å²) in [7, 11) is 0. The molecular formula is C15H13N3O3. The molecule has 0 aliphatic carbocycles. The van der Waals surface area contributed by atoms with E-state index in [2.05, 4.69) is 10.3 Å². The molecule has 0 radical (unpaired) electrons. The van der Waals surface area contributed by atoms with Crippen LogP contribution in [-0.4, -0.2) is 32.3 Å². The van der Waals surface area contributed by atoms with Gasteiger partial charge < -0.3 is 15.5 Å². The van der Waals surface area contributed by atoms with Crippen molar-refractivity contribution in [3.63, 3.8) is 0 Å². The van der Waals surface area contributed by atoms with Gasteiger partial charge in [-0.2, -0.15) is 0 Å². The van der Waals surface area contributed by atoms with E-state index in [0.29, 0.717) is 11.3 Å². The van der Waals surface area contributed by atoms with Gasteiger partial charge in [-0.1, -0.05) is 30.3 Å². The Morgan fingerprint density at radius 3 is 2.67 bits per heavy atom. The van der Waals surface area contributed by atoms with E-state index in [9.17, 15) is 9.90 Å². The van der Waals surface area contributed by atoms with Crippen LogP contribution >= 0.6 is 0 Å². The van der Waals surface area contributed by atoms with Gasteiger partial charge in [0.25, 0.3) is 0 Å². The molecule has 0 aliphatic heterocycles. The fraction of sp³-hybridized carbons (Fsp3) is 0.0667. The summed E-state index contributed by atoms with van der Waals surface area (Å²) >= 11 is 0. The average Bonchev–Trinajstić information content (AvgIpc) is 2.93. The molecule has 0 aliphatic rings. The van der Waals surface area contributed by atoms with Crippen molar-refractivity contribution in [1.29, 1.82) is 0 Å². The van der Waals surface area contributed by atoms with E-state index in [1.807, 2.05) is 30.3 Å². The number of imidazole rings is 1. The van der Waals surface area contributed by atoms with Crippen molar-refractivity contribution in [2.45, 2.75) is 0 Å². The molecule has 0 fully saturated rings. The number of aromatic nitrogens is 2. The van der Waals surface area contributed by atoms with Crippen LogP contribution in [0.1, 0.15) is 10.5 Å². The second kappa shape index (κ2) is 5.26. The van der Waals surface area contributed by atoms with Gasteiger partial charge in [-0.3, -0.25) is 4.40 Å². The largest absolute Gasteiger partial charge is 0.477 e. The van der Waals surface area contributed by atoms with Crippen LogP contribution < -0.4 is 5.32 Å². The number of aromatic carboxylic acids is 1. The SMILES string of the molecule is O=C(O)c1cnc2c(NCO)c(-c3ccccc3)ccn12. The van der Waals surface area contributed by atoms with Crippen LogP contribution in [0.5, 0.6) is 0 Å². The summed E-state index contributed by atoms with van der Waals surface area (Å²) < 4.78 is 1.48. The maximum Gasteiger partial charge on any atom is 0.354 e. The highest BCUT2D eigenvalue weighted by atomic mass is 16.4. The molecule has 6 heteroatoms. The van der Waals surface area contributed by atoms with Gasteiger partial charge in [0.1, 0.15) is 6.73 Å². The van der Waals surface area contributed by atoms with E-state index in [-0.39, 0.29) is 12.4 Å². The van der Waals surface area contributed by atoms with E-state index in [1.54, 1.807) is 12.3 Å². The zero-order chi connectivity index (χ0) is 14.8. The predicted octanol–water partition coefficient (Wildman–Crippen LogP) is 2.06. The van der Waals surface area contributed by atoms with E-state index < -0.39 is 5.97 Å². The lowest BCUT2D eigenvalue weighted by molar-refractivity contribution is 0.0689. The maximum absolute atomic E-state index is 11.2. The van der Waals surface area contributed by atoms with Crippen LogP contribution in [0.3, 0.4) is 0 Å². The van der Waals surface area contributed by atoms with Gasteiger partial charge in [0.15, 0.2) is 11.3 Å². The van der Waals surface area contributed by atoms with Gasteiger partial charge >= 0.3 is 5.97 Å². The minimum Gasteiger partial charge on any atom is -0.477 e. The quantitative estimate of drug-likeness (QED) is 0.638. The summed E-state index contributed by atoms with van der Waals surface area (Å²) in [5.41, 5.74) is 2.93. The number of rotatable bonds is 4. The molecule has 21 heavy (non-hydrogen) atoms. The second-order valence-electron chi connectivity index (χ2n) is 4.45. The van der Waals surface area contributed by atoms with Gasteiger partial charge in [-0.25, -0.2) is 9.78 Å². The van der Waals surface area contributed by atoms with E-state index >= 15 is 0 Å². The number of benzene rings is 1. The Morgan fingerprint density at radius 1 is 1.24 bits per heavy atom. The van der Waals surface area contributed by atoms with Crippen molar-refractivity contribution in [3.8, 4) is 11.1 Å². The number of aliphatic hydroxyl groups excluding tert-OH is 1. The summed E-state index contributed by atoms with van der Waals surface area (Å²) in [6, 6.07) is 11.4. The number of carbonyl (C=O) groups is 1. The molecule has 6 nitrogen and oxygen atoms in total. The Hall–Kier alpha value is -2.86. The first-order chi connectivity index (χ1) is 10.2. The first-order valence-corrected chi connectivity index (χ1v) is 6.36. The van der Waals surface area contributed by atoms with Crippen molar-refractivity contribution in [3.05, 3.63) is 54.5 Å². The number of hydrogen-bond acceptors (Lipinski definition) is 4. The number of aliphatic hydroxyl groups is 1. The number of carboxylic acid groups (broad SMARTS) is 1. The average molecular weight is 283 g/mol. The zero-order valence-corrected chi connectivity index (χ0v) is 11.0. The lowest BCUT2D eigenvalue weighted by Gasteiger charge is -2.12. The Morgan fingerprint density at radius 2 is 2.00 bits per heavy atom. The lowest BCUT2D eigenvalue weighted by Crippen LogP contribution is -2.06. The highest BCUT2D eigenvalue weighted by Gasteiger charge is 2.16. The molecule has 0 saturated carbocycles. The summed E-state index contributed by atoms with van der Waals surface area (Å²) in [5, 5.41) is 21.2. The molecule has 2 heterocycles. The van der Waals surface area contributed by atoms with Crippen LogP contribution in [0.15, 0.2) is 48.8 Å². The number of anilines is 1. The van der Waals surface area contributed by atoms with Crippen LogP contribution in [0.2, 0.25) is 0 Å². The fourth-order valence-electron chi connectivity index (χ4n) is 2.32. The maximum atomic E-state index is 11.2. The third-order valence-corrected chi connectivity index (χ3v) is 3.24. The lowest BCUT2D eigenvalue weighted by atomic mass is 10.1. The molecule has 3 rings (SSSR count). The molecule has 0 atom stereocenters. The van der Waals surface area contributed by atoms with E-state index in [4.69, 9.17) is 5.11 Å². The van der Waals surface area contributed by atoms with E-state index in [1.165, 1.54) is 10.6 Å². The summed E-state index contributed by atoms with van der Waals surface area (Å²) in [5.74, 6) is -1.05. The first kappa shape index (κ1) is 13.1.